The molecule has 0 N–H and O–H groups in total. The van der Waals surface area contributed by atoms with Gasteiger partial charge in [-0.2, -0.15) is 5.10 Å². The Kier molecular flexibility index (Phi) is 4.81. The van der Waals surface area contributed by atoms with Crippen molar-refractivity contribution in [3.8, 4) is 5.75 Å². The Morgan fingerprint density at radius 2 is 1.79 bits per heavy atom. The van der Waals surface area contributed by atoms with Gasteiger partial charge in [-0.15, -0.1) is 0 Å². The number of hydrogen-bond donors (Lipinski definition) is 0. The van der Waals surface area contributed by atoms with E-state index in [4.69, 9.17) is 9.84 Å². The van der Waals surface area contributed by atoms with Crippen molar-refractivity contribution in [2.75, 3.05) is 38.2 Å². The molecule has 6 nitrogen and oxygen atoms in total. The van der Waals surface area contributed by atoms with Gasteiger partial charge >= 0.3 is 0 Å². The molecule has 1 saturated heterocycles. The van der Waals surface area contributed by atoms with Crippen molar-refractivity contribution in [1.29, 1.82) is 0 Å². The first-order chi connectivity index (χ1) is 13.4. The molecule has 2 aliphatic rings. The first-order valence-corrected chi connectivity index (χ1v) is 10.2. The summed E-state index contributed by atoms with van der Waals surface area (Å²) in [7, 11) is 1.70. The van der Waals surface area contributed by atoms with Gasteiger partial charge in [0.1, 0.15) is 11.4 Å². The van der Waals surface area contributed by atoms with Crippen molar-refractivity contribution in [3.63, 3.8) is 0 Å². The first kappa shape index (κ1) is 18.8. The van der Waals surface area contributed by atoms with Crippen LogP contribution in [-0.2, 0) is 5.54 Å². The van der Waals surface area contributed by atoms with Gasteiger partial charge in [-0.25, -0.2) is 0 Å². The SMILES string of the molecule is COc1ccccc1N1CCN(C(=O)c2cc(C3CC3)nn2C(C)(C)C)CC1. The zero-order valence-corrected chi connectivity index (χ0v) is 17.3. The maximum absolute atomic E-state index is 13.3. The molecule has 28 heavy (non-hydrogen) atoms. The van der Waals surface area contributed by atoms with Crippen LogP contribution >= 0.6 is 0 Å². The lowest BCUT2D eigenvalue weighted by Gasteiger charge is -2.37. The van der Waals surface area contributed by atoms with Crippen molar-refractivity contribution in [3.05, 3.63) is 41.7 Å². The van der Waals surface area contributed by atoms with E-state index in [1.165, 1.54) is 12.8 Å². The smallest absolute Gasteiger partial charge is 0.272 e. The number of hydrogen-bond acceptors (Lipinski definition) is 4. The monoisotopic (exact) mass is 382 g/mol. The third kappa shape index (κ3) is 3.60. The normalized spacial score (nSPS) is 17.7. The van der Waals surface area contributed by atoms with Gasteiger partial charge in [-0.3, -0.25) is 9.48 Å². The molecule has 1 aliphatic heterocycles. The minimum Gasteiger partial charge on any atom is -0.495 e. The largest absolute Gasteiger partial charge is 0.495 e. The van der Waals surface area contributed by atoms with E-state index < -0.39 is 0 Å². The summed E-state index contributed by atoms with van der Waals surface area (Å²) in [5.41, 5.74) is 2.68. The Balaban J connectivity index is 1.50. The Morgan fingerprint density at radius 3 is 2.39 bits per heavy atom. The van der Waals surface area contributed by atoms with Crippen LogP contribution in [-0.4, -0.2) is 53.9 Å². The molecule has 1 saturated carbocycles. The van der Waals surface area contributed by atoms with Gasteiger partial charge in [0.25, 0.3) is 5.91 Å². The number of carbonyl (C=O) groups excluding carboxylic acids is 1. The van der Waals surface area contributed by atoms with Crippen molar-refractivity contribution in [1.82, 2.24) is 14.7 Å². The third-order valence-corrected chi connectivity index (χ3v) is 5.57. The molecule has 0 atom stereocenters. The highest BCUT2D eigenvalue weighted by atomic mass is 16.5. The number of nitrogens with zero attached hydrogens (tertiary/aromatic N) is 4. The van der Waals surface area contributed by atoms with E-state index >= 15 is 0 Å². The molecule has 4 rings (SSSR count). The number of methoxy groups -OCH3 is 1. The molecule has 0 bridgehead atoms. The minimum atomic E-state index is -0.211. The molecular weight excluding hydrogens is 352 g/mol. The predicted molar refractivity (Wildman–Crippen MR) is 110 cm³/mol. The highest BCUT2D eigenvalue weighted by Gasteiger charge is 2.33. The number of benzene rings is 1. The van der Waals surface area contributed by atoms with Gasteiger partial charge in [0.2, 0.25) is 0 Å². The van der Waals surface area contributed by atoms with Gasteiger partial charge in [0, 0.05) is 32.1 Å². The lowest BCUT2D eigenvalue weighted by molar-refractivity contribution is 0.0726. The zero-order chi connectivity index (χ0) is 19.9. The van der Waals surface area contributed by atoms with Crippen molar-refractivity contribution in [2.24, 2.45) is 0 Å². The second kappa shape index (κ2) is 7.15. The van der Waals surface area contributed by atoms with Gasteiger partial charge in [0.15, 0.2) is 0 Å². The third-order valence-electron chi connectivity index (χ3n) is 5.57. The average Bonchev–Trinajstić information content (AvgIpc) is 3.44. The van der Waals surface area contributed by atoms with Gasteiger partial charge in [-0.05, 0) is 51.8 Å². The second-order valence-corrected chi connectivity index (χ2v) is 8.76. The molecule has 1 aromatic carbocycles. The first-order valence-electron chi connectivity index (χ1n) is 10.2. The Labute approximate surface area is 167 Å². The maximum atomic E-state index is 13.3. The standard InChI is InChI=1S/C22H30N4O2/c1-22(2,3)26-19(15-17(23-26)16-9-10-16)21(27)25-13-11-24(12-14-25)18-7-5-6-8-20(18)28-4/h5-8,15-16H,9-14H2,1-4H3. The summed E-state index contributed by atoms with van der Waals surface area (Å²) in [6.07, 6.45) is 2.37. The van der Waals surface area contributed by atoms with Gasteiger partial charge in [0.05, 0.1) is 24.0 Å². The quantitative estimate of drug-likeness (QED) is 0.812. The zero-order valence-electron chi connectivity index (χ0n) is 17.3. The van der Waals surface area contributed by atoms with Crippen LogP contribution in [0, 0.1) is 0 Å². The van der Waals surface area contributed by atoms with E-state index in [-0.39, 0.29) is 11.4 Å². The van der Waals surface area contributed by atoms with E-state index in [1.807, 2.05) is 33.8 Å². The van der Waals surface area contributed by atoms with E-state index in [0.29, 0.717) is 19.0 Å². The Hall–Kier alpha value is -2.50. The van der Waals surface area contributed by atoms with E-state index in [2.05, 4.69) is 31.7 Å². The molecule has 0 radical (unpaired) electrons. The van der Waals surface area contributed by atoms with Crippen LogP contribution in [0.4, 0.5) is 5.69 Å². The number of para-hydroxylation sites is 2. The van der Waals surface area contributed by atoms with Crippen LogP contribution in [0.25, 0.3) is 0 Å². The number of ether oxygens (including phenoxy) is 1. The second-order valence-electron chi connectivity index (χ2n) is 8.76. The molecule has 2 aromatic rings. The number of carbonyl (C=O) groups is 1. The number of aromatic nitrogens is 2. The van der Waals surface area contributed by atoms with E-state index in [0.717, 1.165) is 35.9 Å². The van der Waals surface area contributed by atoms with Crippen LogP contribution in [0.1, 0.15) is 55.7 Å². The summed E-state index contributed by atoms with van der Waals surface area (Å²) < 4.78 is 7.42. The van der Waals surface area contributed by atoms with Crippen LogP contribution in [0.2, 0.25) is 0 Å². The summed E-state index contributed by atoms with van der Waals surface area (Å²) in [5.74, 6) is 1.51. The summed E-state index contributed by atoms with van der Waals surface area (Å²) >= 11 is 0. The molecule has 1 amide bonds. The van der Waals surface area contributed by atoms with Crippen molar-refractivity contribution >= 4 is 11.6 Å². The number of amides is 1. The lowest BCUT2D eigenvalue weighted by Crippen LogP contribution is -2.49. The van der Waals surface area contributed by atoms with Crippen molar-refractivity contribution < 1.29 is 9.53 Å². The van der Waals surface area contributed by atoms with E-state index in [9.17, 15) is 4.79 Å². The fourth-order valence-electron chi connectivity index (χ4n) is 3.85. The van der Waals surface area contributed by atoms with Crippen molar-refractivity contribution in [2.45, 2.75) is 45.1 Å². The molecule has 6 heteroatoms. The summed E-state index contributed by atoms with van der Waals surface area (Å²) in [4.78, 5) is 17.6. The fraction of sp³-hybridized carbons (Fsp3) is 0.545. The molecule has 2 heterocycles. The number of piperazine rings is 1. The summed E-state index contributed by atoms with van der Waals surface area (Å²) in [6.45, 7) is 9.31. The summed E-state index contributed by atoms with van der Waals surface area (Å²) in [5, 5.41) is 4.79. The van der Waals surface area contributed by atoms with Crippen LogP contribution in [0.3, 0.4) is 0 Å². The summed E-state index contributed by atoms with van der Waals surface area (Å²) in [6, 6.07) is 10.1. The lowest BCUT2D eigenvalue weighted by atomic mass is 10.1. The molecule has 0 unspecified atom stereocenters. The molecule has 1 aromatic heterocycles. The average molecular weight is 383 g/mol. The topological polar surface area (TPSA) is 50.6 Å². The highest BCUT2D eigenvalue weighted by Crippen LogP contribution is 2.40. The molecular formula is C22H30N4O2. The van der Waals surface area contributed by atoms with Gasteiger partial charge < -0.3 is 14.5 Å². The highest BCUT2D eigenvalue weighted by molar-refractivity contribution is 5.93. The molecule has 0 spiro atoms. The number of rotatable bonds is 4. The van der Waals surface area contributed by atoms with Crippen LogP contribution < -0.4 is 9.64 Å². The van der Waals surface area contributed by atoms with E-state index in [1.54, 1.807) is 7.11 Å². The minimum absolute atomic E-state index is 0.0917. The number of anilines is 1. The molecule has 150 valence electrons. The maximum Gasteiger partial charge on any atom is 0.272 e. The van der Waals surface area contributed by atoms with Crippen LogP contribution in [0.15, 0.2) is 30.3 Å². The predicted octanol–water partition coefficient (Wildman–Crippen LogP) is 3.49. The van der Waals surface area contributed by atoms with Gasteiger partial charge in [-0.1, -0.05) is 12.1 Å². The Bertz CT molecular complexity index is 856. The molecule has 1 aliphatic carbocycles. The van der Waals surface area contributed by atoms with Crippen LogP contribution in [0.5, 0.6) is 5.75 Å². The Morgan fingerprint density at radius 1 is 1.11 bits per heavy atom. The molecule has 2 fully saturated rings. The fourth-order valence-corrected chi connectivity index (χ4v) is 3.85.